The molecule has 0 spiro atoms. The lowest BCUT2D eigenvalue weighted by molar-refractivity contribution is 0.530. The summed E-state index contributed by atoms with van der Waals surface area (Å²) >= 11 is 0. The minimum atomic E-state index is 0.972. The summed E-state index contributed by atoms with van der Waals surface area (Å²) < 4.78 is 0. The Labute approximate surface area is 406 Å². The highest BCUT2D eigenvalue weighted by molar-refractivity contribution is 6.43. The third kappa shape index (κ3) is 35.1. The Morgan fingerprint density at radius 1 is 0.323 bits per heavy atom. The number of aliphatic imine (C=N–C) groups is 2. The first-order valence-electron chi connectivity index (χ1n) is 28.9. The first-order chi connectivity index (χ1) is 32.2. The van der Waals surface area contributed by atoms with Crippen molar-refractivity contribution in [1.29, 1.82) is 0 Å². The van der Waals surface area contributed by atoms with Gasteiger partial charge in [0.05, 0.1) is 22.8 Å². The highest BCUT2D eigenvalue weighted by Gasteiger charge is 2.11. The van der Waals surface area contributed by atoms with Crippen LogP contribution in [0.4, 0.5) is 11.4 Å². The van der Waals surface area contributed by atoms with Crippen LogP contribution in [0.25, 0.3) is 12.2 Å². The SMILES string of the molecule is CCCCCCCCCCCCCCCCCCC=Cc1cccc(N=C(CCCC)C(CCCCC)=Nc2cccc(C=CCCCCCCCCCCCCCCCCCC)c2)c1. The van der Waals surface area contributed by atoms with E-state index in [9.17, 15) is 0 Å². The Morgan fingerprint density at radius 3 is 0.923 bits per heavy atom. The highest BCUT2D eigenvalue weighted by atomic mass is 14.8. The van der Waals surface area contributed by atoms with Gasteiger partial charge in [0.2, 0.25) is 0 Å². The molecule has 0 aliphatic carbocycles. The molecule has 0 atom stereocenters. The minimum absolute atomic E-state index is 0.972. The van der Waals surface area contributed by atoms with E-state index in [4.69, 9.17) is 9.98 Å². The summed E-state index contributed by atoms with van der Waals surface area (Å²) in [6.45, 7) is 9.18. The Hall–Kier alpha value is -2.74. The molecular weight excluding hydrogens is 785 g/mol. The molecule has 0 aliphatic rings. The third-order valence-corrected chi connectivity index (χ3v) is 13.5. The van der Waals surface area contributed by atoms with Crippen molar-refractivity contribution in [2.24, 2.45) is 9.98 Å². The summed E-state index contributed by atoms with van der Waals surface area (Å²) in [6.07, 6.45) is 65.0. The van der Waals surface area contributed by atoms with Crippen molar-refractivity contribution in [3.63, 3.8) is 0 Å². The molecule has 2 aromatic carbocycles. The molecular formula is C63H106N2. The van der Waals surface area contributed by atoms with Gasteiger partial charge in [-0.1, -0.05) is 288 Å². The van der Waals surface area contributed by atoms with Crippen LogP contribution in [-0.2, 0) is 0 Å². The van der Waals surface area contributed by atoms with Crippen molar-refractivity contribution in [2.45, 2.75) is 291 Å². The highest BCUT2D eigenvalue weighted by Crippen LogP contribution is 2.23. The van der Waals surface area contributed by atoms with Gasteiger partial charge in [0, 0.05) is 0 Å². The van der Waals surface area contributed by atoms with Crippen LogP contribution in [0.3, 0.4) is 0 Å². The predicted molar refractivity (Wildman–Crippen MR) is 297 cm³/mol. The van der Waals surface area contributed by atoms with Gasteiger partial charge in [-0.25, -0.2) is 0 Å². The number of benzene rings is 2. The zero-order chi connectivity index (χ0) is 46.4. The fraction of sp³-hybridized carbons (Fsp3) is 0.714. The predicted octanol–water partition coefficient (Wildman–Crippen LogP) is 22.6. The van der Waals surface area contributed by atoms with Crippen LogP contribution in [0.1, 0.15) is 302 Å². The summed E-state index contributed by atoms with van der Waals surface area (Å²) in [4.78, 5) is 10.7. The molecule has 2 nitrogen and oxygen atoms in total. The van der Waals surface area contributed by atoms with Crippen molar-refractivity contribution < 1.29 is 0 Å². The molecule has 0 heterocycles. The van der Waals surface area contributed by atoms with E-state index < -0.39 is 0 Å². The van der Waals surface area contributed by atoms with Gasteiger partial charge < -0.3 is 0 Å². The number of rotatable bonds is 46. The molecule has 0 fully saturated rings. The lowest BCUT2D eigenvalue weighted by atomic mass is 10.0. The second kappa shape index (κ2) is 45.1. The molecule has 2 rings (SSSR count). The topological polar surface area (TPSA) is 24.7 Å². The Balaban J connectivity index is 1.79. The van der Waals surface area contributed by atoms with E-state index in [0.29, 0.717) is 0 Å². The fourth-order valence-corrected chi connectivity index (χ4v) is 9.18. The molecule has 0 unspecified atom stereocenters. The first kappa shape index (κ1) is 58.4. The molecule has 0 N–H and O–H groups in total. The molecule has 0 aromatic heterocycles. The smallest absolute Gasteiger partial charge is 0.0639 e. The van der Waals surface area contributed by atoms with E-state index in [1.165, 1.54) is 241 Å². The lowest BCUT2D eigenvalue weighted by Crippen LogP contribution is -2.14. The van der Waals surface area contributed by atoms with Gasteiger partial charge in [0.15, 0.2) is 0 Å². The van der Waals surface area contributed by atoms with Crippen molar-refractivity contribution in [2.75, 3.05) is 0 Å². The van der Waals surface area contributed by atoms with E-state index in [1.54, 1.807) is 0 Å². The summed E-state index contributed by atoms with van der Waals surface area (Å²) in [5, 5.41) is 0. The van der Waals surface area contributed by atoms with Crippen LogP contribution < -0.4 is 0 Å². The van der Waals surface area contributed by atoms with Gasteiger partial charge in [-0.2, -0.15) is 0 Å². The van der Waals surface area contributed by atoms with Crippen LogP contribution in [-0.4, -0.2) is 11.4 Å². The number of allylic oxidation sites excluding steroid dienone is 2. The molecule has 2 heteroatoms. The molecule has 0 saturated heterocycles. The summed E-state index contributed by atoms with van der Waals surface area (Å²) in [5.41, 5.74) is 6.95. The van der Waals surface area contributed by atoms with Gasteiger partial charge in [-0.05, 0) is 86.8 Å². The Bertz CT molecular complexity index is 1460. The Kier molecular flexibility index (Phi) is 40.5. The molecule has 0 aliphatic heterocycles. The van der Waals surface area contributed by atoms with E-state index in [2.05, 4.69) is 101 Å². The molecule has 65 heavy (non-hydrogen) atoms. The van der Waals surface area contributed by atoms with Crippen molar-refractivity contribution in [1.82, 2.24) is 0 Å². The maximum atomic E-state index is 5.36. The summed E-state index contributed by atoms with van der Waals surface area (Å²) in [6, 6.07) is 17.7. The molecule has 0 radical (unpaired) electrons. The van der Waals surface area contributed by atoms with Crippen molar-refractivity contribution in [3.05, 3.63) is 71.8 Å². The summed E-state index contributed by atoms with van der Waals surface area (Å²) in [5.74, 6) is 0. The molecule has 0 saturated carbocycles. The van der Waals surface area contributed by atoms with Crippen LogP contribution >= 0.6 is 0 Å². The number of unbranched alkanes of at least 4 members (excludes halogenated alkanes) is 35. The molecule has 0 amide bonds. The zero-order valence-electron chi connectivity index (χ0n) is 43.8. The largest absolute Gasteiger partial charge is 0.252 e. The van der Waals surface area contributed by atoms with Crippen LogP contribution in [0.2, 0.25) is 0 Å². The average Bonchev–Trinajstić information content (AvgIpc) is 3.32. The molecule has 368 valence electrons. The van der Waals surface area contributed by atoms with E-state index >= 15 is 0 Å². The molecule has 2 aromatic rings. The zero-order valence-corrected chi connectivity index (χ0v) is 43.8. The van der Waals surface area contributed by atoms with Gasteiger partial charge >= 0.3 is 0 Å². The van der Waals surface area contributed by atoms with E-state index in [1.807, 2.05) is 0 Å². The number of hydrogen-bond donors (Lipinski definition) is 0. The standard InChI is InChI=1S/C63H106N2/c1-5-9-13-15-17-19-21-23-25-27-29-31-33-35-37-39-41-44-48-58-50-46-52-60(56-58)64-62(54-12-8-4)63(55-43-11-7-3)65-61-53-47-51-59(57-61)49-45-42-40-38-36-34-32-30-28-26-24-22-20-18-16-14-10-6-2/h44-53,56-57H,5-43,54-55H2,1-4H3. The van der Waals surface area contributed by atoms with E-state index in [-0.39, 0.29) is 0 Å². The first-order valence-corrected chi connectivity index (χ1v) is 28.9. The molecule has 0 bridgehead atoms. The van der Waals surface area contributed by atoms with Crippen LogP contribution in [0.5, 0.6) is 0 Å². The second-order valence-electron chi connectivity index (χ2n) is 19.9. The van der Waals surface area contributed by atoms with Gasteiger partial charge in [0.1, 0.15) is 0 Å². The average molecular weight is 892 g/mol. The normalized spacial score (nSPS) is 12.4. The van der Waals surface area contributed by atoms with Gasteiger partial charge in [0.25, 0.3) is 0 Å². The monoisotopic (exact) mass is 891 g/mol. The fourth-order valence-electron chi connectivity index (χ4n) is 9.18. The lowest BCUT2D eigenvalue weighted by Gasteiger charge is -2.12. The van der Waals surface area contributed by atoms with Crippen molar-refractivity contribution >= 4 is 35.0 Å². The Morgan fingerprint density at radius 2 is 0.600 bits per heavy atom. The summed E-state index contributed by atoms with van der Waals surface area (Å²) in [7, 11) is 0. The number of nitrogens with zero attached hydrogens (tertiary/aromatic N) is 2. The number of hydrogen-bond acceptors (Lipinski definition) is 2. The van der Waals surface area contributed by atoms with Crippen LogP contribution in [0.15, 0.2) is 70.7 Å². The quantitative estimate of drug-likeness (QED) is 0.0467. The maximum Gasteiger partial charge on any atom is 0.0639 e. The third-order valence-electron chi connectivity index (χ3n) is 13.5. The van der Waals surface area contributed by atoms with E-state index in [0.717, 1.165) is 56.3 Å². The minimum Gasteiger partial charge on any atom is -0.252 e. The van der Waals surface area contributed by atoms with Crippen LogP contribution in [0, 0.1) is 0 Å². The van der Waals surface area contributed by atoms with Gasteiger partial charge in [-0.3, -0.25) is 9.98 Å². The van der Waals surface area contributed by atoms with Crippen molar-refractivity contribution in [3.8, 4) is 0 Å². The van der Waals surface area contributed by atoms with Gasteiger partial charge in [-0.15, -0.1) is 0 Å². The second-order valence-corrected chi connectivity index (χ2v) is 19.9. The maximum absolute atomic E-state index is 5.36.